The monoisotopic (exact) mass is 293 g/mol. The molecule has 0 aromatic heterocycles. The molecule has 0 aromatic carbocycles. The molecule has 0 aromatic rings. The number of hydrogen-bond donors (Lipinski definition) is 0. The van der Waals surface area contributed by atoms with E-state index in [4.69, 9.17) is 0 Å². The van der Waals surface area contributed by atoms with Gasteiger partial charge in [0.05, 0.1) is 6.61 Å². The zero-order valence-electron chi connectivity index (χ0n) is 12.6. The minimum atomic E-state index is -4.52. The molecular formula is C14H29O4S-. The van der Waals surface area contributed by atoms with Crippen molar-refractivity contribution >= 4 is 10.4 Å². The van der Waals surface area contributed by atoms with Crippen LogP contribution < -0.4 is 0 Å². The summed E-state index contributed by atoms with van der Waals surface area (Å²) in [6.45, 7) is 6.45. The average molecular weight is 293 g/mol. The predicted molar refractivity (Wildman–Crippen MR) is 76.6 cm³/mol. The Bertz CT molecular complexity index is 301. The minimum absolute atomic E-state index is 0.0137. The van der Waals surface area contributed by atoms with Gasteiger partial charge in [-0.2, -0.15) is 0 Å². The first-order valence-electron chi connectivity index (χ1n) is 7.45. The van der Waals surface area contributed by atoms with Crippen LogP contribution in [0.15, 0.2) is 0 Å². The topological polar surface area (TPSA) is 66.4 Å². The highest BCUT2D eigenvalue weighted by Gasteiger charge is 2.05. The molecule has 19 heavy (non-hydrogen) atoms. The lowest BCUT2D eigenvalue weighted by molar-refractivity contribution is 0.218. The van der Waals surface area contributed by atoms with Crippen LogP contribution in [0.1, 0.15) is 72.1 Å². The van der Waals surface area contributed by atoms with Crippen LogP contribution in [0.25, 0.3) is 0 Å². The molecule has 0 saturated carbocycles. The van der Waals surface area contributed by atoms with E-state index in [9.17, 15) is 13.0 Å². The molecule has 2 unspecified atom stereocenters. The van der Waals surface area contributed by atoms with Gasteiger partial charge in [-0.15, -0.1) is 0 Å². The van der Waals surface area contributed by atoms with Crippen molar-refractivity contribution in [2.45, 2.75) is 72.1 Å². The molecule has 2 atom stereocenters. The Morgan fingerprint density at radius 2 is 1.42 bits per heavy atom. The van der Waals surface area contributed by atoms with Gasteiger partial charge in [-0.05, 0) is 18.3 Å². The molecule has 0 amide bonds. The smallest absolute Gasteiger partial charge is 0.217 e. The molecule has 0 bridgehead atoms. The lowest BCUT2D eigenvalue weighted by Gasteiger charge is -2.13. The van der Waals surface area contributed by atoms with Crippen LogP contribution in [0, 0.1) is 11.8 Å². The fourth-order valence-electron chi connectivity index (χ4n) is 2.00. The second-order valence-corrected chi connectivity index (χ2v) is 6.71. The van der Waals surface area contributed by atoms with E-state index in [1.807, 2.05) is 6.92 Å². The fourth-order valence-corrected chi connectivity index (χ4v) is 2.40. The highest BCUT2D eigenvalue weighted by Crippen LogP contribution is 2.15. The van der Waals surface area contributed by atoms with Crippen LogP contribution in [0.5, 0.6) is 0 Å². The largest absolute Gasteiger partial charge is 0.726 e. The Morgan fingerprint density at radius 3 is 1.89 bits per heavy atom. The first-order valence-corrected chi connectivity index (χ1v) is 8.78. The van der Waals surface area contributed by atoms with E-state index in [-0.39, 0.29) is 12.5 Å². The molecule has 0 fully saturated rings. The highest BCUT2D eigenvalue weighted by molar-refractivity contribution is 7.80. The lowest BCUT2D eigenvalue weighted by atomic mass is 9.99. The van der Waals surface area contributed by atoms with Gasteiger partial charge in [-0.25, -0.2) is 8.42 Å². The number of rotatable bonds is 12. The van der Waals surface area contributed by atoms with Crippen molar-refractivity contribution in [1.29, 1.82) is 0 Å². The van der Waals surface area contributed by atoms with E-state index in [2.05, 4.69) is 18.0 Å². The maximum Gasteiger partial charge on any atom is 0.217 e. The summed E-state index contributed by atoms with van der Waals surface area (Å²) in [6.07, 6.45) is 9.58. The van der Waals surface area contributed by atoms with Crippen molar-refractivity contribution in [3.63, 3.8) is 0 Å². The Morgan fingerprint density at radius 1 is 0.947 bits per heavy atom. The summed E-state index contributed by atoms with van der Waals surface area (Å²) in [4.78, 5) is 0. The Hall–Kier alpha value is -0.130. The van der Waals surface area contributed by atoms with Crippen molar-refractivity contribution in [2.24, 2.45) is 11.8 Å². The van der Waals surface area contributed by atoms with Gasteiger partial charge in [0, 0.05) is 0 Å². The summed E-state index contributed by atoms with van der Waals surface area (Å²) in [6, 6.07) is 0. The van der Waals surface area contributed by atoms with Crippen LogP contribution in [-0.4, -0.2) is 19.6 Å². The highest BCUT2D eigenvalue weighted by atomic mass is 32.3. The molecule has 4 nitrogen and oxygen atoms in total. The van der Waals surface area contributed by atoms with E-state index < -0.39 is 10.4 Å². The van der Waals surface area contributed by atoms with E-state index in [0.717, 1.165) is 18.8 Å². The van der Waals surface area contributed by atoms with E-state index in [1.54, 1.807) is 0 Å². The van der Waals surface area contributed by atoms with Gasteiger partial charge in [0.1, 0.15) is 0 Å². The Labute approximate surface area is 118 Å². The normalized spacial score (nSPS) is 15.4. The maximum absolute atomic E-state index is 10.3. The molecule has 0 aliphatic rings. The molecule has 0 aliphatic carbocycles. The van der Waals surface area contributed by atoms with Gasteiger partial charge in [0.25, 0.3) is 0 Å². The second-order valence-electron chi connectivity index (χ2n) is 5.66. The third-order valence-electron chi connectivity index (χ3n) is 3.59. The van der Waals surface area contributed by atoms with Crippen LogP contribution >= 0.6 is 0 Å². The average Bonchev–Trinajstić information content (AvgIpc) is 2.34. The third-order valence-corrected chi connectivity index (χ3v) is 4.01. The maximum atomic E-state index is 10.3. The molecule has 0 radical (unpaired) electrons. The van der Waals surface area contributed by atoms with E-state index in [0.29, 0.717) is 0 Å². The number of hydrogen-bond acceptors (Lipinski definition) is 4. The first-order chi connectivity index (χ1) is 8.85. The zero-order chi connectivity index (χ0) is 14.7. The van der Waals surface area contributed by atoms with Gasteiger partial charge in [-0.1, -0.05) is 65.7 Å². The second kappa shape index (κ2) is 10.6. The van der Waals surface area contributed by atoms with Gasteiger partial charge in [-0.3, -0.25) is 4.18 Å². The third kappa shape index (κ3) is 14.1. The van der Waals surface area contributed by atoms with Crippen LogP contribution in [0.2, 0.25) is 0 Å². The Balaban J connectivity index is 3.34. The van der Waals surface area contributed by atoms with Crippen LogP contribution in [0.3, 0.4) is 0 Å². The molecule has 0 spiro atoms. The number of unbranched alkanes of at least 4 members (excludes halogenated alkanes) is 4. The molecule has 0 heterocycles. The van der Waals surface area contributed by atoms with Crippen molar-refractivity contribution in [2.75, 3.05) is 6.61 Å². The van der Waals surface area contributed by atoms with E-state index in [1.165, 1.54) is 38.5 Å². The summed E-state index contributed by atoms with van der Waals surface area (Å²) < 4.78 is 35.1. The molecule has 0 saturated heterocycles. The van der Waals surface area contributed by atoms with Gasteiger partial charge in [0.2, 0.25) is 10.4 Å². The predicted octanol–water partition coefficient (Wildman–Crippen LogP) is 3.88. The fraction of sp³-hybridized carbons (Fsp3) is 1.00. The molecule has 0 N–H and O–H groups in total. The standard InChI is InChI=1S/C14H30O4S/c1-4-13(2)10-8-6-5-7-9-11-14(3)12-18-19(15,16)17/h13-14H,4-12H2,1-3H3,(H,15,16,17)/p-1. The molecule has 116 valence electrons. The summed E-state index contributed by atoms with van der Waals surface area (Å²) in [5.41, 5.74) is 0. The molecular weight excluding hydrogens is 264 g/mol. The molecule has 5 heteroatoms. The minimum Gasteiger partial charge on any atom is -0.726 e. The van der Waals surface area contributed by atoms with Gasteiger partial charge < -0.3 is 4.55 Å². The van der Waals surface area contributed by atoms with Crippen molar-refractivity contribution in [3.8, 4) is 0 Å². The zero-order valence-corrected chi connectivity index (χ0v) is 13.4. The Kier molecular flexibility index (Phi) is 10.6. The SMILES string of the molecule is CCC(C)CCCCCCCC(C)COS(=O)(=O)[O-]. The molecule has 0 rings (SSSR count). The van der Waals surface area contributed by atoms with Gasteiger partial charge >= 0.3 is 0 Å². The summed E-state index contributed by atoms with van der Waals surface area (Å²) in [5.74, 6) is 0.968. The van der Waals surface area contributed by atoms with Crippen LogP contribution in [0.4, 0.5) is 0 Å². The lowest BCUT2D eigenvalue weighted by Crippen LogP contribution is -2.11. The van der Waals surface area contributed by atoms with Crippen molar-refractivity contribution in [1.82, 2.24) is 0 Å². The van der Waals surface area contributed by atoms with Gasteiger partial charge in [0.15, 0.2) is 0 Å². The van der Waals surface area contributed by atoms with Crippen molar-refractivity contribution < 1.29 is 17.2 Å². The summed E-state index contributed by atoms with van der Waals surface area (Å²) >= 11 is 0. The molecule has 0 aliphatic heterocycles. The van der Waals surface area contributed by atoms with E-state index >= 15 is 0 Å². The summed E-state index contributed by atoms with van der Waals surface area (Å²) in [5, 5.41) is 0. The quantitative estimate of drug-likeness (QED) is 0.311. The van der Waals surface area contributed by atoms with Crippen LogP contribution in [-0.2, 0) is 14.6 Å². The first kappa shape index (κ1) is 18.9. The summed E-state index contributed by atoms with van der Waals surface area (Å²) in [7, 11) is -4.52. The van der Waals surface area contributed by atoms with Crippen molar-refractivity contribution in [3.05, 3.63) is 0 Å².